The molecule has 2 aliphatic heterocycles. The number of nitrogens with zero attached hydrogens (tertiary/aromatic N) is 1. The molecule has 0 aromatic rings. The first-order chi connectivity index (χ1) is 8.44. The van der Waals surface area contributed by atoms with Crippen molar-refractivity contribution in [2.24, 2.45) is 23.7 Å². The third kappa shape index (κ3) is 1.44. The third-order valence-electron chi connectivity index (χ3n) is 5.11. The first kappa shape index (κ1) is 11.1. The van der Waals surface area contributed by atoms with E-state index in [1.165, 1.54) is 6.42 Å². The molecule has 6 atom stereocenters. The van der Waals surface area contributed by atoms with Crippen LogP contribution in [0.2, 0.25) is 0 Å². The van der Waals surface area contributed by atoms with Gasteiger partial charge in [0, 0.05) is 13.1 Å². The van der Waals surface area contributed by atoms with E-state index >= 15 is 0 Å². The molecule has 2 bridgehead atoms. The van der Waals surface area contributed by atoms with Gasteiger partial charge in [-0.2, -0.15) is 0 Å². The summed E-state index contributed by atoms with van der Waals surface area (Å²) in [6.45, 7) is 7.54. The number of rotatable bonds is 0. The summed E-state index contributed by atoms with van der Waals surface area (Å²) in [5.74, 6) is 2.78. The van der Waals surface area contributed by atoms with Crippen LogP contribution in [0, 0.1) is 23.7 Å². The molecule has 4 nitrogen and oxygen atoms in total. The van der Waals surface area contributed by atoms with Crippen LogP contribution in [0.5, 0.6) is 0 Å². The zero-order valence-electron chi connectivity index (χ0n) is 11.3. The molecule has 0 radical (unpaired) electrons. The molecule has 18 heavy (non-hydrogen) atoms. The molecule has 0 N–H and O–H groups in total. The average Bonchev–Trinajstić information content (AvgIpc) is 2.68. The summed E-state index contributed by atoms with van der Waals surface area (Å²) in [6, 6.07) is 0. The third-order valence-corrected chi connectivity index (χ3v) is 5.11. The maximum Gasteiger partial charge on any atom is 0.410 e. The fraction of sp³-hybridized carbons (Fsp3) is 0.929. The number of carbonyl (C=O) groups is 1. The van der Waals surface area contributed by atoms with Gasteiger partial charge >= 0.3 is 6.09 Å². The second-order valence-electron chi connectivity index (χ2n) is 7.34. The van der Waals surface area contributed by atoms with Gasteiger partial charge in [0.05, 0.1) is 12.2 Å². The van der Waals surface area contributed by atoms with Gasteiger partial charge in [0.25, 0.3) is 0 Å². The smallest absolute Gasteiger partial charge is 0.410 e. The van der Waals surface area contributed by atoms with Gasteiger partial charge in [-0.25, -0.2) is 4.79 Å². The minimum atomic E-state index is -0.390. The van der Waals surface area contributed by atoms with E-state index in [4.69, 9.17) is 9.47 Å². The second kappa shape index (κ2) is 3.21. The Morgan fingerprint density at radius 1 is 1.11 bits per heavy atom. The molecule has 2 saturated heterocycles. The molecule has 4 heteroatoms. The lowest BCUT2D eigenvalue weighted by Gasteiger charge is -2.25. The lowest BCUT2D eigenvalue weighted by Crippen LogP contribution is -2.36. The van der Waals surface area contributed by atoms with E-state index in [-0.39, 0.29) is 11.7 Å². The maximum absolute atomic E-state index is 12.1. The Morgan fingerprint density at radius 3 is 2.17 bits per heavy atom. The van der Waals surface area contributed by atoms with Crippen LogP contribution in [0.25, 0.3) is 0 Å². The lowest BCUT2D eigenvalue weighted by molar-refractivity contribution is 0.0268. The Labute approximate surface area is 108 Å². The topological polar surface area (TPSA) is 42.1 Å². The molecule has 4 rings (SSSR count). The van der Waals surface area contributed by atoms with Crippen LogP contribution in [0.3, 0.4) is 0 Å². The van der Waals surface area contributed by atoms with Gasteiger partial charge in [-0.1, -0.05) is 0 Å². The molecule has 0 aromatic heterocycles. The maximum atomic E-state index is 12.1. The van der Waals surface area contributed by atoms with E-state index in [0.29, 0.717) is 24.0 Å². The Balaban J connectivity index is 1.45. The van der Waals surface area contributed by atoms with Crippen LogP contribution >= 0.6 is 0 Å². The number of epoxide rings is 1. The molecule has 2 heterocycles. The fourth-order valence-electron chi connectivity index (χ4n) is 4.48. The zero-order valence-corrected chi connectivity index (χ0v) is 11.3. The van der Waals surface area contributed by atoms with Crippen molar-refractivity contribution < 1.29 is 14.3 Å². The molecule has 1 amide bonds. The summed E-state index contributed by atoms with van der Waals surface area (Å²) < 4.78 is 11.2. The number of ether oxygens (including phenoxy) is 2. The van der Waals surface area contributed by atoms with Crippen molar-refractivity contribution in [1.82, 2.24) is 4.90 Å². The summed E-state index contributed by atoms with van der Waals surface area (Å²) in [5, 5.41) is 0. The second-order valence-corrected chi connectivity index (χ2v) is 7.34. The molecule has 0 spiro atoms. The van der Waals surface area contributed by atoms with Crippen molar-refractivity contribution >= 4 is 6.09 Å². The molecule has 4 fully saturated rings. The quantitative estimate of drug-likeness (QED) is 0.617. The highest BCUT2D eigenvalue weighted by Gasteiger charge is 2.69. The summed E-state index contributed by atoms with van der Waals surface area (Å²) in [6.07, 6.45) is 2.28. The first-order valence-corrected chi connectivity index (χ1v) is 7.07. The normalized spacial score (nSPS) is 48.1. The highest BCUT2D eigenvalue weighted by Crippen LogP contribution is 2.63. The van der Waals surface area contributed by atoms with Gasteiger partial charge in [-0.05, 0) is 50.9 Å². The minimum absolute atomic E-state index is 0.133. The first-order valence-electron chi connectivity index (χ1n) is 7.07. The zero-order chi connectivity index (χ0) is 12.7. The number of hydrogen-bond acceptors (Lipinski definition) is 3. The van der Waals surface area contributed by atoms with Crippen LogP contribution < -0.4 is 0 Å². The van der Waals surface area contributed by atoms with Crippen molar-refractivity contribution in [3.8, 4) is 0 Å². The molecular formula is C14H21NO3. The largest absolute Gasteiger partial charge is 0.444 e. The van der Waals surface area contributed by atoms with Gasteiger partial charge in [-0.3, -0.25) is 0 Å². The SMILES string of the molecule is CC(C)(C)OC(=O)N1C[C@@H]2[C@H](C1)[C@H]1C[C@H]2[C@H]2O[C@H]12. The molecule has 0 unspecified atom stereocenters. The predicted molar refractivity (Wildman–Crippen MR) is 65.0 cm³/mol. The van der Waals surface area contributed by atoms with Crippen LogP contribution in [0.1, 0.15) is 27.2 Å². The fourth-order valence-corrected chi connectivity index (χ4v) is 4.48. The van der Waals surface area contributed by atoms with Crippen molar-refractivity contribution in [2.45, 2.75) is 45.0 Å². The van der Waals surface area contributed by atoms with Gasteiger partial charge in [0.1, 0.15) is 5.60 Å². The summed E-state index contributed by atoms with van der Waals surface area (Å²) in [5.41, 5.74) is -0.390. The Hall–Kier alpha value is -0.770. The van der Waals surface area contributed by atoms with Gasteiger partial charge in [0.15, 0.2) is 0 Å². The number of fused-ring (bicyclic) bond motifs is 8. The lowest BCUT2D eigenvalue weighted by atomic mass is 9.82. The predicted octanol–water partition coefficient (Wildman–Crippen LogP) is 1.89. The van der Waals surface area contributed by atoms with E-state index in [0.717, 1.165) is 24.9 Å². The van der Waals surface area contributed by atoms with Crippen LogP contribution in [0.4, 0.5) is 4.79 Å². The number of amides is 1. The average molecular weight is 251 g/mol. The van der Waals surface area contributed by atoms with Gasteiger partial charge < -0.3 is 14.4 Å². The highest BCUT2D eigenvalue weighted by molar-refractivity contribution is 5.68. The summed E-state index contributed by atoms with van der Waals surface area (Å²) >= 11 is 0. The minimum Gasteiger partial charge on any atom is -0.444 e. The van der Waals surface area contributed by atoms with Crippen LogP contribution in [0.15, 0.2) is 0 Å². The van der Waals surface area contributed by atoms with Gasteiger partial charge in [-0.15, -0.1) is 0 Å². The summed E-state index contributed by atoms with van der Waals surface area (Å²) in [4.78, 5) is 14.0. The molecule has 4 aliphatic rings. The number of hydrogen-bond donors (Lipinski definition) is 0. The van der Waals surface area contributed by atoms with E-state index in [9.17, 15) is 4.79 Å². The van der Waals surface area contributed by atoms with Crippen LogP contribution in [-0.2, 0) is 9.47 Å². The van der Waals surface area contributed by atoms with E-state index < -0.39 is 0 Å². The van der Waals surface area contributed by atoms with E-state index in [1.54, 1.807) is 0 Å². The van der Waals surface area contributed by atoms with E-state index in [1.807, 2.05) is 25.7 Å². The molecule has 0 aromatic carbocycles. The summed E-state index contributed by atoms with van der Waals surface area (Å²) in [7, 11) is 0. The molecule has 2 saturated carbocycles. The van der Waals surface area contributed by atoms with Crippen molar-refractivity contribution in [3.63, 3.8) is 0 Å². The Bertz CT molecular complexity index is 380. The van der Waals surface area contributed by atoms with E-state index in [2.05, 4.69) is 0 Å². The van der Waals surface area contributed by atoms with Crippen LogP contribution in [-0.4, -0.2) is 41.9 Å². The highest BCUT2D eigenvalue weighted by atomic mass is 16.6. The molecule has 100 valence electrons. The van der Waals surface area contributed by atoms with Gasteiger partial charge in [0.2, 0.25) is 0 Å². The molecule has 2 aliphatic carbocycles. The standard InChI is InChI=1S/C14H21NO3/c1-14(2,3)18-13(16)15-5-9-7-4-8(10(9)6-15)12-11(7)17-12/h7-12H,4-6H2,1-3H3/t7-,8-,9-,10+,11-,12-/m1/s1. The van der Waals surface area contributed by atoms with Crippen molar-refractivity contribution in [2.75, 3.05) is 13.1 Å². The molecular weight excluding hydrogens is 230 g/mol. The number of carbonyl (C=O) groups excluding carboxylic acids is 1. The monoisotopic (exact) mass is 251 g/mol. The Morgan fingerprint density at radius 2 is 1.67 bits per heavy atom. The van der Waals surface area contributed by atoms with Crippen molar-refractivity contribution in [1.29, 1.82) is 0 Å². The number of likely N-dealkylation sites (tertiary alicyclic amines) is 1. The Kier molecular flexibility index (Phi) is 1.98. The van der Waals surface area contributed by atoms with Crippen molar-refractivity contribution in [3.05, 3.63) is 0 Å².